The average Bonchev–Trinajstić information content (AvgIpc) is 3.40. The Labute approximate surface area is 203 Å². The predicted octanol–water partition coefficient (Wildman–Crippen LogP) is 3.87. The van der Waals surface area contributed by atoms with Crippen LogP contribution in [0.15, 0.2) is 34.7 Å². The molecule has 35 heavy (non-hydrogen) atoms. The van der Waals surface area contributed by atoms with Gasteiger partial charge in [-0.1, -0.05) is 19.9 Å². The molecule has 0 spiro atoms. The van der Waals surface area contributed by atoms with Crippen molar-refractivity contribution < 1.29 is 22.7 Å². The van der Waals surface area contributed by atoms with Crippen molar-refractivity contribution in [3.63, 3.8) is 0 Å². The van der Waals surface area contributed by atoms with Crippen LogP contribution in [0.4, 0.5) is 8.78 Å². The van der Waals surface area contributed by atoms with Crippen LogP contribution in [-0.4, -0.2) is 45.8 Å². The molecular formula is C25H31F2N5O3. The molecule has 1 aliphatic heterocycles. The quantitative estimate of drug-likeness (QED) is 0.493. The van der Waals surface area contributed by atoms with E-state index < -0.39 is 11.6 Å². The van der Waals surface area contributed by atoms with Gasteiger partial charge < -0.3 is 19.0 Å². The van der Waals surface area contributed by atoms with E-state index in [-0.39, 0.29) is 17.7 Å². The van der Waals surface area contributed by atoms with Crippen LogP contribution in [0.25, 0.3) is 0 Å². The third-order valence-corrected chi connectivity index (χ3v) is 6.03. The molecule has 0 fully saturated rings. The Morgan fingerprint density at radius 2 is 1.97 bits per heavy atom. The molecule has 0 bridgehead atoms. The van der Waals surface area contributed by atoms with E-state index in [1.165, 1.54) is 6.07 Å². The van der Waals surface area contributed by atoms with E-state index in [1.807, 2.05) is 0 Å². The number of fused-ring (bicyclic) bond motifs is 1. The van der Waals surface area contributed by atoms with Gasteiger partial charge >= 0.3 is 0 Å². The molecule has 188 valence electrons. The van der Waals surface area contributed by atoms with Gasteiger partial charge in [0.1, 0.15) is 18.2 Å². The van der Waals surface area contributed by atoms with Gasteiger partial charge in [0.05, 0.1) is 6.04 Å². The Morgan fingerprint density at radius 3 is 2.71 bits per heavy atom. The molecule has 0 radical (unpaired) electrons. The summed E-state index contributed by atoms with van der Waals surface area (Å²) in [6, 6.07) is 7.03. The van der Waals surface area contributed by atoms with Crippen molar-refractivity contribution in [3.05, 3.63) is 70.7 Å². The highest BCUT2D eigenvalue weighted by molar-refractivity contribution is 5.91. The molecule has 3 heterocycles. The molecule has 1 atom stereocenters. The number of hydrogen-bond donors (Lipinski definition) is 1. The van der Waals surface area contributed by atoms with Gasteiger partial charge in [0.2, 0.25) is 0 Å². The second-order valence-corrected chi connectivity index (χ2v) is 9.26. The van der Waals surface area contributed by atoms with E-state index in [9.17, 15) is 13.6 Å². The third-order valence-electron chi connectivity index (χ3n) is 6.03. The topological polar surface area (TPSA) is 85.4 Å². The third kappa shape index (κ3) is 6.12. The second kappa shape index (κ2) is 11.1. The number of nitrogens with zero attached hydrogens (tertiary/aromatic N) is 4. The summed E-state index contributed by atoms with van der Waals surface area (Å²) in [6.45, 7) is 7.02. The molecule has 1 unspecified atom stereocenters. The summed E-state index contributed by atoms with van der Waals surface area (Å²) in [5.74, 6) is 0.665. The Hall–Kier alpha value is -3.11. The van der Waals surface area contributed by atoms with Gasteiger partial charge in [-0.3, -0.25) is 9.69 Å². The summed E-state index contributed by atoms with van der Waals surface area (Å²) in [4.78, 5) is 15.1. The number of amides is 1. The molecule has 0 aliphatic carbocycles. The zero-order chi connectivity index (χ0) is 24.9. The lowest BCUT2D eigenvalue weighted by Gasteiger charge is -2.22. The van der Waals surface area contributed by atoms with Crippen molar-refractivity contribution in [1.82, 2.24) is 25.0 Å². The maximum absolute atomic E-state index is 13.6. The lowest BCUT2D eigenvalue weighted by atomic mass is 10.0. The first-order valence-corrected chi connectivity index (χ1v) is 11.8. The minimum atomic E-state index is -0.844. The van der Waals surface area contributed by atoms with Crippen molar-refractivity contribution in [3.8, 4) is 0 Å². The van der Waals surface area contributed by atoms with Gasteiger partial charge in [-0.05, 0) is 42.2 Å². The Bertz CT molecular complexity index is 1160. The molecule has 0 saturated carbocycles. The summed E-state index contributed by atoms with van der Waals surface area (Å²) >= 11 is 0. The fraction of sp³-hybridized carbons (Fsp3) is 0.480. The number of halogens is 2. The molecule has 3 aromatic rings. The molecule has 2 aromatic heterocycles. The first-order valence-electron chi connectivity index (χ1n) is 11.8. The van der Waals surface area contributed by atoms with Crippen LogP contribution in [0, 0.1) is 17.6 Å². The smallest absolute Gasteiger partial charge is 0.287 e. The number of rotatable bonds is 9. The van der Waals surface area contributed by atoms with E-state index in [0.29, 0.717) is 63.1 Å². The molecule has 4 rings (SSSR count). The van der Waals surface area contributed by atoms with E-state index >= 15 is 0 Å². The van der Waals surface area contributed by atoms with E-state index in [2.05, 4.69) is 38.8 Å². The number of benzene rings is 1. The Balaban J connectivity index is 1.47. The SMILES string of the molecule is COCc1ccc(C(=O)NC(CC(C)C)c2nnc3n2CCN(Cc2ccc(F)c(F)c2)CC3)o1. The first-order chi connectivity index (χ1) is 16.8. The molecule has 0 saturated heterocycles. The number of hydrogen-bond acceptors (Lipinski definition) is 6. The number of ether oxygens (including phenoxy) is 1. The van der Waals surface area contributed by atoms with Crippen LogP contribution in [0.3, 0.4) is 0 Å². The average molecular weight is 488 g/mol. The van der Waals surface area contributed by atoms with Crippen LogP contribution in [0.1, 0.15) is 59.8 Å². The summed E-state index contributed by atoms with van der Waals surface area (Å²) in [5, 5.41) is 11.9. The molecule has 1 amide bonds. The fourth-order valence-corrected chi connectivity index (χ4v) is 4.35. The van der Waals surface area contributed by atoms with Gasteiger partial charge in [-0.15, -0.1) is 10.2 Å². The highest BCUT2D eigenvalue weighted by Gasteiger charge is 2.27. The predicted molar refractivity (Wildman–Crippen MR) is 124 cm³/mol. The summed E-state index contributed by atoms with van der Waals surface area (Å²) in [7, 11) is 1.57. The molecule has 8 nitrogen and oxygen atoms in total. The lowest BCUT2D eigenvalue weighted by molar-refractivity contribution is 0.0892. The molecule has 1 aromatic carbocycles. The number of carbonyl (C=O) groups excluding carboxylic acids is 1. The Kier molecular flexibility index (Phi) is 7.92. The molecular weight excluding hydrogens is 456 g/mol. The summed E-state index contributed by atoms with van der Waals surface area (Å²) in [5.41, 5.74) is 0.720. The van der Waals surface area contributed by atoms with Crippen LogP contribution in [-0.2, 0) is 30.9 Å². The zero-order valence-electron chi connectivity index (χ0n) is 20.3. The summed E-state index contributed by atoms with van der Waals surface area (Å²) < 4.78 is 39.6. The van der Waals surface area contributed by atoms with Gasteiger partial charge in [0.25, 0.3) is 5.91 Å². The van der Waals surface area contributed by atoms with Gasteiger partial charge in [0, 0.05) is 39.7 Å². The number of carbonyl (C=O) groups is 1. The summed E-state index contributed by atoms with van der Waals surface area (Å²) in [6.07, 6.45) is 1.35. The van der Waals surface area contributed by atoms with Gasteiger partial charge in [-0.25, -0.2) is 8.78 Å². The van der Waals surface area contributed by atoms with Crippen LogP contribution in [0.5, 0.6) is 0 Å². The van der Waals surface area contributed by atoms with Crippen LogP contribution in [0.2, 0.25) is 0 Å². The number of aromatic nitrogens is 3. The van der Waals surface area contributed by atoms with Crippen molar-refractivity contribution in [2.24, 2.45) is 5.92 Å². The van der Waals surface area contributed by atoms with Crippen molar-refractivity contribution in [2.45, 2.75) is 52.4 Å². The largest absolute Gasteiger partial charge is 0.453 e. The number of nitrogens with one attached hydrogen (secondary N) is 1. The molecule has 10 heteroatoms. The standard InChI is InChI=1S/C25H31F2N5O3/c1-16(2)12-21(28-25(33)22-7-5-18(35-22)15-34-3)24-30-29-23-8-9-31(10-11-32(23)24)14-17-4-6-19(26)20(27)13-17/h4-7,13,16,21H,8-12,14-15H2,1-3H3,(H,28,33). The lowest BCUT2D eigenvalue weighted by Crippen LogP contribution is -2.32. The monoisotopic (exact) mass is 487 g/mol. The Morgan fingerprint density at radius 1 is 1.14 bits per heavy atom. The van der Waals surface area contributed by atoms with E-state index in [1.54, 1.807) is 25.3 Å². The number of furan rings is 1. The highest BCUT2D eigenvalue weighted by atomic mass is 19.2. The second-order valence-electron chi connectivity index (χ2n) is 9.26. The van der Waals surface area contributed by atoms with Crippen LogP contribution >= 0.6 is 0 Å². The van der Waals surface area contributed by atoms with Gasteiger partial charge in [0.15, 0.2) is 23.2 Å². The zero-order valence-corrected chi connectivity index (χ0v) is 20.3. The maximum Gasteiger partial charge on any atom is 0.287 e. The highest BCUT2D eigenvalue weighted by Crippen LogP contribution is 2.24. The minimum Gasteiger partial charge on any atom is -0.453 e. The van der Waals surface area contributed by atoms with E-state index in [0.717, 1.165) is 17.5 Å². The van der Waals surface area contributed by atoms with Crippen molar-refractivity contribution in [1.29, 1.82) is 0 Å². The van der Waals surface area contributed by atoms with E-state index in [4.69, 9.17) is 9.15 Å². The minimum absolute atomic E-state index is 0.221. The van der Waals surface area contributed by atoms with Crippen molar-refractivity contribution >= 4 is 5.91 Å². The van der Waals surface area contributed by atoms with Crippen molar-refractivity contribution in [2.75, 3.05) is 20.2 Å². The normalized spacial score (nSPS) is 15.1. The maximum atomic E-state index is 13.6. The number of methoxy groups -OCH3 is 1. The fourth-order valence-electron chi connectivity index (χ4n) is 4.35. The molecule has 1 N–H and O–H groups in total. The van der Waals surface area contributed by atoms with Gasteiger partial charge in [-0.2, -0.15) is 0 Å². The molecule has 1 aliphatic rings. The first kappa shape index (κ1) is 25.0. The van der Waals surface area contributed by atoms with Crippen LogP contribution < -0.4 is 5.32 Å².